The molecule has 0 amide bonds. The van der Waals surface area contributed by atoms with Gasteiger partial charge in [-0.25, -0.2) is 4.79 Å². The van der Waals surface area contributed by atoms with Gasteiger partial charge in [-0.3, -0.25) is 0 Å². The van der Waals surface area contributed by atoms with Gasteiger partial charge in [0.25, 0.3) is 0 Å². The van der Waals surface area contributed by atoms with Crippen molar-refractivity contribution in [3.63, 3.8) is 0 Å². The molecule has 0 aliphatic rings. The predicted molar refractivity (Wildman–Crippen MR) is 118 cm³/mol. The van der Waals surface area contributed by atoms with Crippen LogP contribution in [0.15, 0.2) is 65.7 Å². The number of nitrogens with zero attached hydrogens (tertiary/aromatic N) is 1. The zero-order valence-electron chi connectivity index (χ0n) is 17.6. The van der Waals surface area contributed by atoms with E-state index in [1.165, 1.54) is 0 Å². The number of rotatable bonds is 9. The van der Waals surface area contributed by atoms with Crippen molar-refractivity contribution in [3.05, 3.63) is 72.3 Å². The molecule has 3 rings (SSSR count). The van der Waals surface area contributed by atoms with E-state index < -0.39 is 5.97 Å². The number of allylic oxidation sites excluding steroid dienone is 1. The van der Waals surface area contributed by atoms with Gasteiger partial charge in [-0.15, -0.1) is 6.58 Å². The van der Waals surface area contributed by atoms with Crippen molar-refractivity contribution in [3.8, 4) is 28.3 Å². The molecule has 1 atom stereocenters. The molecule has 0 saturated heterocycles. The van der Waals surface area contributed by atoms with Gasteiger partial charge < -0.3 is 14.4 Å². The molecule has 1 heterocycles. The van der Waals surface area contributed by atoms with Crippen molar-refractivity contribution in [2.24, 2.45) is 0 Å². The van der Waals surface area contributed by atoms with Gasteiger partial charge in [0.15, 0.2) is 5.76 Å². The Morgan fingerprint density at radius 2 is 1.87 bits per heavy atom. The largest absolute Gasteiger partial charge is 0.494 e. The number of carboxylic acid groups (broad SMARTS) is 1. The third-order valence-corrected chi connectivity index (χ3v) is 5.53. The number of carbonyl (C=O) groups is 1. The first-order valence-electron chi connectivity index (χ1n) is 10.1. The Hall–Kier alpha value is -3.34. The second-order valence-corrected chi connectivity index (χ2v) is 7.51. The average molecular weight is 405 g/mol. The summed E-state index contributed by atoms with van der Waals surface area (Å²) >= 11 is 0. The smallest absolute Gasteiger partial charge is 0.335 e. The molecule has 2 aromatic carbocycles. The maximum absolute atomic E-state index is 11.0. The number of hydrogen-bond donors (Lipinski definition) is 1. The number of aromatic carboxylic acids is 1. The highest BCUT2D eigenvalue weighted by Gasteiger charge is 2.27. The quantitative estimate of drug-likeness (QED) is 0.420. The summed E-state index contributed by atoms with van der Waals surface area (Å²) < 4.78 is 11.4. The van der Waals surface area contributed by atoms with Crippen LogP contribution in [0, 0.1) is 0 Å². The molecule has 0 saturated carbocycles. The Labute approximate surface area is 177 Å². The molecule has 1 aromatic heterocycles. The molecule has 0 radical (unpaired) electrons. The van der Waals surface area contributed by atoms with Crippen molar-refractivity contribution >= 4 is 5.97 Å². The van der Waals surface area contributed by atoms with Crippen LogP contribution in [-0.2, 0) is 5.41 Å². The Bertz CT molecular complexity index is 1040. The Morgan fingerprint density at radius 1 is 1.17 bits per heavy atom. The number of hydrogen-bond acceptors (Lipinski definition) is 4. The van der Waals surface area contributed by atoms with Crippen molar-refractivity contribution < 1.29 is 19.2 Å². The van der Waals surface area contributed by atoms with E-state index in [0.717, 1.165) is 35.3 Å². The molecule has 0 fully saturated rings. The lowest BCUT2D eigenvalue weighted by molar-refractivity contribution is 0.0697. The van der Waals surface area contributed by atoms with Crippen LogP contribution in [0.2, 0.25) is 0 Å². The van der Waals surface area contributed by atoms with Crippen LogP contribution < -0.4 is 4.74 Å². The average Bonchev–Trinajstić information content (AvgIpc) is 3.24. The minimum atomic E-state index is -0.958. The molecule has 0 aliphatic carbocycles. The number of ether oxygens (including phenoxy) is 1. The Balaban J connectivity index is 1.99. The summed E-state index contributed by atoms with van der Waals surface area (Å²) in [4.78, 5) is 11.0. The van der Waals surface area contributed by atoms with Gasteiger partial charge >= 0.3 is 5.97 Å². The highest BCUT2D eigenvalue weighted by molar-refractivity contribution is 5.88. The summed E-state index contributed by atoms with van der Waals surface area (Å²) in [5.74, 6) is 0.502. The predicted octanol–water partition coefficient (Wildman–Crippen LogP) is 6.35. The summed E-state index contributed by atoms with van der Waals surface area (Å²) in [5, 5.41) is 13.3. The van der Waals surface area contributed by atoms with E-state index in [2.05, 4.69) is 31.6 Å². The Kier molecular flexibility index (Phi) is 6.40. The third-order valence-electron chi connectivity index (χ3n) is 5.53. The molecule has 0 spiro atoms. The highest BCUT2D eigenvalue weighted by Crippen LogP contribution is 2.40. The van der Waals surface area contributed by atoms with E-state index in [9.17, 15) is 4.79 Å². The van der Waals surface area contributed by atoms with Gasteiger partial charge in [-0.2, -0.15) is 0 Å². The van der Waals surface area contributed by atoms with Gasteiger partial charge in [-0.1, -0.05) is 37.2 Å². The first-order chi connectivity index (χ1) is 14.4. The highest BCUT2D eigenvalue weighted by atomic mass is 16.5. The van der Waals surface area contributed by atoms with Crippen molar-refractivity contribution in [1.82, 2.24) is 5.16 Å². The van der Waals surface area contributed by atoms with E-state index in [4.69, 9.17) is 14.4 Å². The van der Waals surface area contributed by atoms with Gasteiger partial charge in [0.05, 0.1) is 12.2 Å². The van der Waals surface area contributed by atoms with Crippen LogP contribution in [0.5, 0.6) is 5.75 Å². The molecule has 0 bridgehead atoms. The van der Waals surface area contributed by atoms with Gasteiger partial charge in [0.2, 0.25) is 0 Å². The van der Waals surface area contributed by atoms with Crippen LogP contribution in [0.4, 0.5) is 0 Å². The summed E-state index contributed by atoms with van der Waals surface area (Å²) in [6.07, 6.45) is 3.73. The first-order valence-corrected chi connectivity index (χ1v) is 10.1. The van der Waals surface area contributed by atoms with E-state index in [1.54, 1.807) is 24.3 Å². The minimum Gasteiger partial charge on any atom is -0.494 e. The van der Waals surface area contributed by atoms with Crippen molar-refractivity contribution in [2.75, 3.05) is 6.61 Å². The lowest BCUT2D eigenvalue weighted by atomic mass is 9.76. The van der Waals surface area contributed by atoms with Crippen LogP contribution in [0.25, 0.3) is 22.6 Å². The molecular weight excluding hydrogens is 378 g/mol. The minimum absolute atomic E-state index is 0.0957. The second kappa shape index (κ2) is 8.99. The van der Waals surface area contributed by atoms with Crippen molar-refractivity contribution in [1.29, 1.82) is 0 Å². The summed E-state index contributed by atoms with van der Waals surface area (Å²) in [7, 11) is 0. The lowest BCUT2D eigenvalue weighted by Crippen LogP contribution is -2.21. The molecule has 156 valence electrons. The summed E-state index contributed by atoms with van der Waals surface area (Å²) in [5.41, 5.74) is 3.69. The van der Waals surface area contributed by atoms with Crippen molar-refractivity contribution in [2.45, 2.75) is 39.0 Å². The number of aromatic nitrogens is 1. The van der Waals surface area contributed by atoms with E-state index in [0.29, 0.717) is 18.1 Å². The summed E-state index contributed by atoms with van der Waals surface area (Å²) in [6.45, 7) is 10.9. The molecule has 0 aliphatic heterocycles. The van der Waals surface area contributed by atoms with Crippen LogP contribution >= 0.6 is 0 Å². The standard InChI is InChI=1S/C25H27NO4/c1-5-14-25(4,6-2)20-15-19(12-13-22(20)29-7-3)21-16-23(30-26-21)17-8-10-18(11-9-17)24(27)28/h5,8-13,15-16H,1,6-7,14H2,2-4H3,(H,27,28). The van der Waals surface area contributed by atoms with E-state index in [-0.39, 0.29) is 11.0 Å². The SMILES string of the molecule is C=CCC(C)(CC)c1cc(-c2cc(-c3ccc(C(=O)O)cc3)on2)ccc1OCC. The van der Waals surface area contributed by atoms with Gasteiger partial charge in [-0.05, 0) is 55.5 Å². The van der Waals surface area contributed by atoms with Crippen LogP contribution in [0.1, 0.15) is 49.5 Å². The third kappa shape index (κ3) is 4.30. The topological polar surface area (TPSA) is 72.6 Å². The number of carboxylic acids is 1. The maximum atomic E-state index is 11.0. The van der Waals surface area contributed by atoms with E-state index >= 15 is 0 Å². The monoisotopic (exact) mass is 405 g/mol. The summed E-state index contributed by atoms with van der Waals surface area (Å²) in [6, 6.07) is 14.5. The first kappa shape index (κ1) is 21.4. The molecule has 30 heavy (non-hydrogen) atoms. The fourth-order valence-electron chi connectivity index (χ4n) is 3.53. The molecule has 5 nitrogen and oxygen atoms in total. The molecule has 5 heteroatoms. The molecule has 1 N–H and O–H groups in total. The Morgan fingerprint density at radius 3 is 2.47 bits per heavy atom. The molecule has 1 unspecified atom stereocenters. The molecular formula is C25H27NO4. The normalized spacial score (nSPS) is 12.9. The van der Waals surface area contributed by atoms with E-state index in [1.807, 2.05) is 31.2 Å². The lowest BCUT2D eigenvalue weighted by Gasteiger charge is -2.30. The van der Waals surface area contributed by atoms with Crippen LogP contribution in [-0.4, -0.2) is 22.8 Å². The fraction of sp³-hybridized carbons (Fsp3) is 0.280. The second-order valence-electron chi connectivity index (χ2n) is 7.51. The van der Waals surface area contributed by atoms with Gasteiger partial charge in [0.1, 0.15) is 11.4 Å². The molecule has 3 aromatic rings. The van der Waals surface area contributed by atoms with Crippen LogP contribution in [0.3, 0.4) is 0 Å². The number of benzene rings is 2. The van der Waals surface area contributed by atoms with Gasteiger partial charge in [0, 0.05) is 22.8 Å². The fourth-order valence-corrected chi connectivity index (χ4v) is 3.53. The zero-order chi connectivity index (χ0) is 21.7. The zero-order valence-corrected chi connectivity index (χ0v) is 17.6. The maximum Gasteiger partial charge on any atom is 0.335 e.